The zero-order valence-electron chi connectivity index (χ0n) is 11.1. The van der Waals surface area contributed by atoms with Gasteiger partial charge in [0, 0.05) is 0 Å². The standard InChI is InChI=1S/C15H13IO4/c1-18-11-7-4-3-6-10(11)15(17)20-13-9-5-8-12(19-2)14(13)16/h3-9H,1-2H3. The van der Waals surface area contributed by atoms with Crippen molar-refractivity contribution in [3.63, 3.8) is 0 Å². The molecule has 0 spiro atoms. The Labute approximate surface area is 130 Å². The lowest BCUT2D eigenvalue weighted by Gasteiger charge is -2.11. The molecule has 2 aromatic carbocycles. The summed E-state index contributed by atoms with van der Waals surface area (Å²) in [7, 11) is 3.09. The molecule has 104 valence electrons. The molecule has 2 rings (SSSR count). The van der Waals surface area contributed by atoms with Gasteiger partial charge in [-0.25, -0.2) is 4.79 Å². The summed E-state index contributed by atoms with van der Waals surface area (Å²) in [6, 6.07) is 12.2. The van der Waals surface area contributed by atoms with Crippen molar-refractivity contribution in [3.8, 4) is 17.2 Å². The van der Waals surface area contributed by atoms with E-state index in [2.05, 4.69) is 22.6 Å². The van der Waals surface area contributed by atoms with Crippen molar-refractivity contribution in [1.82, 2.24) is 0 Å². The van der Waals surface area contributed by atoms with Gasteiger partial charge in [-0.05, 0) is 46.9 Å². The molecule has 0 unspecified atom stereocenters. The van der Waals surface area contributed by atoms with Crippen LogP contribution in [0.25, 0.3) is 0 Å². The van der Waals surface area contributed by atoms with Gasteiger partial charge in [-0.15, -0.1) is 0 Å². The second-order valence-corrected chi connectivity index (χ2v) is 4.94. The maximum Gasteiger partial charge on any atom is 0.347 e. The molecule has 0 amide bonds. The number of benzene rings is 2. The smallest absolute Gasteiger partial charge is 0.347 e. The lowest BCUT2D eigenvalue weighted by molar-refractivity contribution is 0.0729. The van der Waals surface area contributed by atoms with Gasteiger partial charge in [-0.3, -0.25) is 0 Å². The van der Waals surface area contributed by atoms with Crippen LogP contribution in [0.15, 0.2) is 42.5 Å². The second kappa shape index (κ2) is 6.60. The van der Waals surface area contributed by atoms with Gasteiger partial charge in [0.15, 0.2) is 0 Å². The van der Waals surface area contributed by atoms with Crippen molar-refractivity contribution in [2.24, 2.45) is 0 Å². The van der Waals surface area contributed by atoms with Crippen molar-refractivity contribution >= 4 is 28.6 Å². The van der Waals surface area contributed by atoms with E-state index in [-0.39, 0.29) is 0 Å². The number of ether oxygens (including phenoxy) is 3. The highest BCUT2D eigenvalue weighted by atomic mass is 127. The zero-order valence-corrected chi connectivity index (χ0v) is 13.2. The number of halogens is 1. The van der Waals surface area contributed by atoms with Crippen LogP contribution < -0.4 is 14.2 Å². The van der Waals surface area contributed by atoms with E-state index < -0.39 is 5.97 Å². The Kier molecular flexibility index (Phi) is 4.84. The molecule has 20 heavy (non-hydrogen) atoms. The molecule has 0 N–H and O–H groups in total. The molecule has 0 radical (unpaired) electrons. The Balaban J connectivity index is 2.28. The van der Waals surface area contributed by atoms with Crippen LogP contribution in [0.2, 0.25) is 0 Å². The van der Waals surface area contributed by atoms with Gasteiger partial charge in [-0.1, -0.05) is 18.2 Å². The van der Waals surface area contributed by atoms with E-state index in [1.54, 1.807) is 43.5 Å². The summed E-state index contributed by atoms with van der Waals surface area (Å²) in [5.74, 6) is 1.14. The first-order valence-electron chi connectivity index (χ1n) is 5.85. The van der Waals surface area contributed by atoms with E-state index >= 15 is 0 Å². The minimum atomic E-state index is -0.464. The summed E-state index contributed by atoms with van der Waals surface area (Å²) in [5.41, 5.74) is 0.383. The molecule has 0 fully saturated rings. The first kappa shape index (κ1) is 14.6. The Morgan fingerprint density at radius 2 is 1.50 bits per heavy atom. The van der Waals surface area contributed by atoms with Crippen molar-refractivity contribution in [3.05, 3.63) is 51.6 Å². The van der Waals surface area contributed by atoms with Crippen molar-refractivity contribution < 1.29 is 19.0 Å². The van der Waals surface area contributed by atoms with E-state index in [1.165, 1.54) is 7.11 Å². The normalized spacial score (nSPS) is 9.95. The predicted octanol–water partition coefficient (Wildman–Crippen LogP) is 3.53. The molecule has 0 aliphatic rings. The number of methoxy groups -OCH3 is 2. The van der Waals surface area contributed by atoms with Crippen LogP contribution in [-0.4, -0.2) is 20.2 Å². The Hall–Kier alpha value is -1.76. The highest BCUT2D eigenvalue weighted by molar-refractivity contribution is 14.1. The van der Waals surface area contributed by atoms with E-state index in [4.69, 9.17) is 14.2 Å². The molecule has 0 aliphatic heterocycles. The number of carbonyl (C=O) groups is 1. The summed E-state index contributed by atoms with van der Waals surface area (Å²) < 4.78 is 16.5. The molecular formula is C15H13IO4. The summed E-state index contributed by atoms with van der Waals surface area (Å²) >= 11 is 2.08. The molecule has 0 atom stereocenters. The third-order valence-electron chi connectivity index (χ3n) is 2.68. The SMILES string of the molecule is COc1ccccc1C(=O)Oc1cccc(OC)c1I. The second-order valence-electron chi connectivity index (χ2n) is 3.86. The van der Waals surface area contributed by atoms with Crippen LogP contribution >= 0.6 is 22.6 Å². The lowest BCUT2D eigenvalue weighted by Crippen LogP contribution is -2.11. The minimum absolute atomic E-state index is 0.383. The van der Waals surface area contributed by atoms with Gasteiger partial charge in [0.25, 0.3) is 0 Å². The number of hydrogen-bond acceptors (Lipinski definition) is 4. The molecule has 0 saturated carbocycles. The molecule has 5 heteroatoms. The molecular weight excluding hydrogens is 371 g/mol. The van der Waals surface area contributed by atoms with Gasteiger partial charge in [0.1, 0.15) is 22.8 Å². The number of carbonyl (C=O) groups excluding carboxylic acids is 1. The number of hydrogen-bond donors (Lipinski definition) is 0. The maximum absolute atomic E-state index is 12.2. The highest BCUT2D eigenvalue weighted by Crippen LogP contribution is 2.31. The van der Waals surface area contributed by atoms with Crippen molar-refractivity contribution in [2.45, 2.75) is 0 Å². The van der Waals surface area contributed by atoms with E-state index in [0.717, 1.165) is 3.57 Å². The third-order valence-corrected chi connectivity index (χ3v) is 3.74. The van der Waals surface area contributed by atoms with Crippen LogP contribution in [0, 0.1) is 3.57 Å². The van der Waals surface area contributed by atoms with Crippen LogP contribution in [0.4, 0.5) is 0 Å². The van der Waals surface area contributed by atoms with Crippen molar-refractivity contribution in [2.75, 3.05) is 14.2 Å². The summed E-state index contributed by atoms with van der Waals surface area (Å²) in [5, 5.41) is 0. The third kappa shape index (κ3) is 3.04. The van der Waals surface area contributed by atoms with Gasteiger partial charge in [-0.2, -0.15) is 0 Å². The molecule has 4 nitrogen and oxygen atoms in total. The largest absolute Gasteiger partial charge is 0.496 e. The van der Waals surface area contributed by atoms with Gasteiger partial charge < -0.3 is 14.2 Å². The fourth-order valence-electron chi connectivity index (χ4n) is 1.70. The minimum Gasteiger partial charge on any atom is -0.496 e. The van der Waals surface area contributed by atoms with Crippen LogP contribution in [0.1, 0.15) is 10.4 Å². The number of para-hydroxylation sites is 1. The first-order valence-corrected chi connectivity index (χ1v) is 6.93. The number of rotatable bonds is 4. The fraction of sp³-hybridized carbons (Fsp3) is 0.133. The van der Waals surface area contributed by atoms with Crippen LogP contribution in [0.5, 0.6) is 17.2 Å². The van der Waals surface area contributed by atoms with E-state index in [1.807, 2.05) is 6.07 Å². The zero-order chi connectivity index (χ0) is 14.5. The lowest BCUT2D eigenvalue weighted by atomic mass is 10.2. The molecule has 0 heterocycles. The number of esters is 1. The average Bonchev–Trinajstić information content (AvgIpc) is 2.49. The van der Waals surface area contributed by atoms with Gasteiger partial charge in [0.05, 0.1) is 17.8 Å². The van der Waals surface area contributed by atoms with E-state index in [9.17, 15) is 4.79 Å². The Morgan fingerprint density at radius 1 is 0.900 bits per heavy atom. The highest BCUT2D eigenvalue weighted by Gasteiger charge is 2.16. The summed E-state index contributed by atoms with van der Waals surface area (Å²) in [6.07, 6.45) is 0. The maximum atomic E-state index is 12.2. The molecule has 0 bridgehead atoms. The fourth-order valence-corrected chi connectivity index (χ4v) is 2.39. The first-order chi connectivity index (χ1) is 9.67. The van der Waals surface area contributed by atoms with E-state index in [0.29, 0.717) is 22.8 Å². The van der Waals surface area contributed by atoms with Gasteiger partial charge in [0.2, 0.25) is 0 Å². The molecule has 0 aromatic heterocycles. The molecule has 2 aromatic rings. The topological polar surface area (TPSA) is 44.8 Å². The van der Waals surface area contributed by atoms with Crippen LogP contribution in [-0.2, 0) is 0 Å². The quantitative estimate of drug-likeness (QED) is 0.460. The predicted molar refractivity (Wildman–Crippen MR) is 83.7 cm³/mol. The monoisotopic (exact) mass is 384 g/mol. The van der Waals surface area contributed by atoms with Gasteiger partial charge >= 0.3 is 5.97 Å². The Morgan fingerprint density at radius 3 is 2.20 bits per heavy atom. The van der Waals surface area contributed by atoms with Crippen LogP contribution in [0.3, 0.4) is 0 Å². The summed E-state index contributed by atoms with van der Waals surface area (Å²) in [6.45, 7) is 0. The molecule has 0 aliphatic carbocycles. The average molecular weight is 384 g/mol. The molecule has 0 saturated heterocycles. The summed E-state index contributed by atoms with van der Waals surface area (Å²) in [4.78, 5) is 12.2. The Bertz CT molecular complexity index is 625. The van der Waals surface area contributed by atoms with Crippen molar-refractivity contribution in [1.29, 1.82) is 0 Å².